The molecular formula is C23H21N5O2S2. The summed E-state index contributed by atoms with van der Waals surface area (Å²) in [6.07, 6.45) is 8.33. The van der Waals surface area contributed by atoms with Crippen LogP contribution >= 0.6 is 23.1 Å². The standard InChI is InChI=1S/C23H21N5O2S2/c29-20(26-16-4-6-17(7-5-16)28-12-3-9-25-28)14-24-22(30)21-18-8-13-31-15-19(18)32-23(21)27-10-1-2-11-27/h1-7,9-12H,8,13-15H2,(H,24,30)(H,26,29). The van der Waals surface area contributed by atoms with Crippen LogP contribution in [0.3, 0.4) is 0 Å². The van der Waals surface area contributed by atoms with Crippen LogP contribution < -0.4 is 10.6 Å². The van der Waals surface area contributed by atoms with Gasteiger partial charge < -0.3 is 15.2 Å². The van der Waals surface area contributed by atoms with Gasteiger partial charge in [-0.1, -0.05) is 0 Å². The summed E-state index contributed by atoms with van der Waals surface area (Å²) in [4.78, 5) is 26.8. The third-order valence-corrected chi connectivity index (χ3v) is 7.61. The largest absolute Gasteiger partial charge is 0.343 e. The van der Waals surface area contributed by atoms with Gasteiger partial charge >= 0.3 is 0 Å². The third-order valence-electron chi connectivity index (χ3n) is 5.20. The Morgan fingerprint density at radius 1 is 1.06 bits per heavy atom. The van der Waals surface area contributed by atoms with Gasteiger partial charge in [0.1, 0.15) is 5.00 Å². The lowest BCUT2D eigenvalue weighted by molar-refractivity contribution is -0.115. The van der Waals surface area contributed by atoms with Crippen molar-refractivity contribution in [2.45, 2.75) is 12.2 Å². The molecule has 2 amide bonds. The Morgan fingerprint density at radius 2 is 1.88 bits per heavy atom. The van der Waals surface area contributed by atoms with Crippen molar-refractivity contribution in [3.63, 3.8) is 0 Å². The molecule has 0 bridgehead atoms. The number of hydrogen-bond acceptors (Lipinski definition) is 5. The Balaban J connectivity index is 1.26. The highest BCUT2D eigenvalue weighted by molar-refractivity contribution is 7.98. The predicted molar refractivity (Wildman–Crippen MR) is 128 cm³/mol. The molecule has 2 N–H and O–H groups in total. The first-order chi connectivity index (χ1) is 15.7. The maximum Gasteiger partial charge on any atom is 0.255 e. The summed E-state index contributed by atoms with van der Waals surface area (Å²) < 4.78 is 3.72. The molecule has 0 spiro atoms. The van der Waals surface area contributed by atoms with Crippen LogP contribution in [0.2, 0.25) is 0 Å². The van der Waals surface area contributed by atoms with E-state index in [0.29, 0.717) is 11.3 Å². The number of anilines is 1. The lowest BCUT2D eigenvalue weighted by atomic mass is 10.1. The van der Waals surface area contributed by atoms with Crippen molar-refractivity contribution in [2.75, 3.05) is 17.6 Å². The van der Waals surface area contributed by atoms with E-state index in [4.69, 9.17) is 0 Å². The van der Waals surface area contributed by atoms with E-state index in [-0.39, 0.29) is 18.4 Å². The number of carbonyl (C=O) groups is 2. The Hall–Kier alpha value is -3.30. The monoisotopic (exact) mass is 463 g/mol. The Morgan fingerprint density at radius 3 is 2.62 bits per heavy atom. The number of hydrogen-bond donors (Lipinski definition) is 2. The maximum atomic E-state index is 13.1. The molecule has 0 aliphatic carbocycles. The van der Waals surface area contributed by atoms with Crippen LogP contribution in [-0.2, 0) is 17.0 Å². The van der Waals surface area contributed by atoms with Crippen LogP contribution in [0.1, 0.15) is 20.8 Å². The number of nitrogens with zero attached hydrogens (tertiary/aromatic N) is 3. The SMILES string of the molecule is O=C(CNC(=O)c1c(-n2cccc2)sc2c1CCSC2)Nc1ccc(-n2cccn2)cc1. The summed E-state index contributed by atoms with van der Waals surface area (Å²) in [6.45, 7) is -0.0930. The molecule has 4 heterocycles. The van der Waals surface area contributed by atoms with Gasteiger partial charge in [0.15, 0.2) is 0 Å². The molecule has 1 aliphatic heterocycles. The van der Waals surface area contributed by atoms with Gasteiger partial charge in [0, 0.05) is 41.1 Å². The van der Waals surface area contributed by atoms with E-state index >= 15 is 0 Å². The minimum atomic E-state index is -0.271. The third kappa shape index (κ3) is 4.21. The number of thiophene rings is 1. The summed E-state index contributed by atoms with van der Waals surface area (Å²) in [5.41, 5.74) is 3.37. The zero-order valence-corrected chi connectivity index (χ0v) is 18.8. The number of rotatable bonds is 6. The van der Waals surface area contributed by atoms with Crippen molar-refractivity contribution in [1.29, 1.82) is 0 Å². The fourth-order valence-corrected chi connectivity index (χ4v) is 6.12. The minimum absolute atomic E-state index is 0.0930. The molecule has 1 aromatic carbocycles. The van der Waals surface area contributed by atoms with Gasteiger partial charge in [0.25, 0.3) is 5.91 Å². The van der Waals surface area contributed by atoms with Gasteiger partial charge in [-0.05, 0) is 60.2 Å². The van der Waals surface area contributed by atoms with Gasteiger partial charge in [0.2, 0.25) is 5.91 Å². The van der Waals surface area contributed by atoms with E-state index < -0.39 is 0 Å². The summed E-state index contributed by atoms with van der Waals surface area (Å²) >= 11 is 3.55. The number of amides is 2. The summed E-state index contributed by atoms with van der Waals surface area (Å²) in [7, 11) is 0. The van der Waals surface area contributed by atoms with Gasteiger partial charge in [-0.15, -0.1) is 11.3 Å². The number of aromatic nitrogens is 3. The van der Waals surface area contributed by atoms with E-state index in [1.165, 1.54) is 4.88 Å². The van der Waals surface area contributed by atoms with Crippen molar-refractivity contribution < 1.29 is 9.59 Å². The van der Waals surface area contributed by atoms with Crippen molar-refractivity contribution in [3.8, 4) is 10.7 Å². The van der Waals surface area contributed by atoms with E-state index in [0.717, 1.165) is 34.2 Å². The fourth-order valence-electron chi connectivity index (χ4n) is 3.68. The van der Waals surface area contributed by atoms with Crippen LogP contribution in [0.25, 0.3) is 10.7 Å². The molecule has 3 aromatic heterocycles. The highest BCUT2D eigenvalue weighted by Gasteiger charge is 2.26. The zero-order chi connectivity index (χ0) is 21.9. The average Bonchev–Trinajstić information content (AvgIpc) is 3.58. The van der Waals surface area contributed by atoms with Gasteiger partial charge in [-0.2, -0.15) is 16.9 Å². The first-order valence-corrected chi connectivity index (χ1v) is 12.2. The van der Waals surface area contributed by atoms with E-state index in [1.807, 2.05) is 77.4 Å². The Kier molecular flexibility index (Phi) is 5.83. The molecule has 0 atom stereocenters. The molecule has 32 heavy (non-hydrogen) atoms. The van der Waals surface area contributed by atoms with E-state index in [1.54, 1.807) is 22.2 Å². The lowest BCUT2D eigenvalue weighted by Gasteiger charge is -2.13. The lowest BCUT2D eigenvalue weighted by Crippen LogP contribution is -2.33. The fraction of sp³-hybridized carbons (Fsp3) is 0.174. The highest BCUT2D eigenvalue weighted by atomic mass is 32.2. The van der Waals surface area contributed by atoms with Crippen molar-refractivity contribution in [3.05, 3.63) is 83.3 Å². The van der Waals surface area contributed by atoms with Gasteiger partial charge in [0.05, 0.1) is 17.8 Å². The summed E-state index contributed by atoms with van der Waals surface area (Å²) in [6, 6.07) is 13.1. The predicted octanol–water partition coefficient (Wildman–Crippen LogP) is 3.88. The molecule has 7 nitrogen and oxygen atoms in total. The second-order valence-corrected chi connectivity index (χ2v) is 9.49. The normalized spacial score (nSPS) is 12.9. The number of fused-ring (bicyclic) bond motifs is 1. The van der Waals surface area contributed by atoms with Crippen molar-refractivity contribution in [1.82, 2.24) is 19.7 Å². The van der Waals surface area contributed by atoms with Gasteiger partial charge in [-0.25, -0.2) is 4.68 Å². The number of thioether (sulfide) groups is 1. The minimum Gasteiger partial charge on any atom is -0.343 e. The molecular weight excluding hydrogens is 442 g/mol. The Labute approximate surface area is 193 Å². The smallest absolute Gasteiger partial charge is 0.255 e. The molecule has 9 heteroatoms. The average molecular weight is 464 g/mol. The van der Waals surface area contributed by atoms with Crippen LogP contribution in [0.5, 0.6) is 0 Å². The molecule has 0 saturated carbocycles. The van der Waals surface area contributed by atoms with E-state index in [9.17, 15) is 9.59 Å². The quantitative estimate of drug-likeness (QED) is 0.455. The first-order valence-electron chi connectivity index (χ1n) is 10.2. The second-order valence-electron chi connectivity index (χ2n) is 7.31. The Bertz CT molecular complexity index is 1230. The molecule has 0 fully saturated rings. The van der Waals surface area contributed by atoms with Gasteiger partial charge in [-0.3, -0.25) is 9.59 Å². The molecule has 5 rings (SSSR count). The molecule has 4 aromatic rings. The zero-order valence-electron chi connectivity index (χ0n) is 17.2. The van der Waals surface area contributed by atoms with Crippen molar-refractivity contribution >= 4 is 40.6 Å². The maximum absolute atomic E-state index is 13.1. The number of benzene rings is 1. The molecule has 0 radical (unpaired) electrons. The summed E-state index contributed by atoms with van der Waals surface area (Å²) in [5.74, 6) is 1.45. The molecule has 0 unspecified atom stereocenters. The molecule has 162 valence electrons. The molecule has 1 aliphatic rings. The molecule has 0 saturated heterocycles. The highest BCUT2D eigenvalue weighted by Crippen LogP contribution is 2.38. The van der Waals surface area contributed by atoms with Crippen LogP contribution in [0, 0.1) is 0 Å². The van der Waals surface area contributed by atoms with Crippen LogP contribution in [0.4, 0.5) is 5.69 Å². The first kappa shape index (κ1) is 20.6. The topological polar surface area (TPSA) is 81.0 Å². The van der Waals surface area contributed by atoms with E-state index in [2.05, 4.69) is 15.7 Å². The van der Waals surface area contributed by atoms with Crippen LogP contribution in [0.15, 0.2) is 67.3 Å². The number of carbonyl (C=O) groups excluding carboxylic acids is 2. The summed E-state index contributed by atoms with van der Waals surface area (Å²) in [5, 5.41) is 10.7. The number of nitrogens with one attached hydrogen (secondary N) is 2. The van der Waals surface area contributed by atoms with Crippen molar-refractivity contribution in [2.24, 2.45) is 0 Å². The van der Waals surface area contributed by atoms with Crippen LogP contribution in [-0.4, -0.2) is 38.5 Å². The second kappa shape index (κ2) is 9.05.